The van der Waals surface area contributed by atoms with Gasteiger partial charge < -0.3 is 20.5 Å². The van der Waals surface area contributed by atoms with Crippen LogP contribution in [0.15, 0.2) is 30.9 Å². The van der Waals surface area contributed by atoms with E-state index in [0.29, 0.717) is 31.9 Å². The third kappa shape index (κ3) is 3.48. The van der Waals surface area contributed by atoms with Crippen molar-refractivity contribution in [1.82, 2.24) is 5.32 Å². The summed E-state index contributed by atoms with van der Waals surface area (Å²) >= 11 is 0. The van der Waals surface area contributed by atoms with Crippen molar-refractivity contribution >= 4 is 5.91 Å². The Bertz CT molecular complexity index is 474. The molecular weight excluding hydrogens is 244 g/mol. The Labute approximate surface area is 112 Å². The van der Waals surface area contributed by atoms with E-state index >= 15 is 0 Å². The third-order valence-corrected chi connectivity index (χ3v) is 2.83. The van der Waals surface area contributed by atoms with Gasteiger partial charge >= 0.3 is 0 Å². The van der Waals surface area contributed by atoms with Crippen molar-refractivity contribution in [1.29, 1.82) is 0 Å². The van der Waals surface area contributed by atoms with Crippen LogP contribution in [0.2, 0.25) is 0 Å². The summed E-state index contributed by atoms with van der Waals surface area (Å²) in [6.45, 7) is 5.09. The SMILES string of the molecule is C=CCC(N)C(=O)NCc1ccc2c(c1)OCCO2. The number of amides is 1. The molecule has 1 aromatic rings. The van der Waals surface area contributed by atoms with Gasteiger partial charge in [-0.25, -0.2) is 0 Å². The molecule has 0 bridgehead atoms. The average Bonchev–Trinajstić information content (AvgIpc) is 2.44. The summed E-state index contributed by atoms with van der Waals surface area (Å²) in [4.78, 5) is 11.7. The van der Waals surface area contributed by atoms with Crippen LogP contribution < -0.4 is 20.5 Å². The van der Waals surface area contributed by atoms with E-state index < -0.39 is 6.04 Å². The van der Waals surface area contributed by atoms with Crippen molar-refractivity contribution in [3.05, 3.63) is 36.4 Å². The Balaban J connectivity index is 1.92. The number of nitrogens with two attached hydrogens (primary N) is 1. The first-order chi connectivity index (χ1) is 9.20. The van der Waals surface area contributed by atoms with Gasteiger partial charge in [-0.05, 0) is 24.1 Å². The number of ether oxygens (including phenoxy) is 2. The molecule has 1 amide bonds. The minimum absolute atomic E-state index is 0.185. The second-order valence-corrected chi connectivity index (χ2v) is 4.33. The smallest absolute Gasteiger partial charge is 0.237 e. The van der Waals surface area contributed by atoms with Gasteiger partial charge in [0.25, 0.3) is 0 Å². The van der Waals surface area contributed by atoms with Gasteiger partial charge in [0.05, 0.1) is 6.04 Å². The molecule has 5 nitrogen and oxygen atoms in total. The summed E-state index contributed by atoms with van der Waals surface area (Å²) in [6.07, 6.45) is 2.10. The largest absolute Gasteiger partial charge is 0.486 e. The molecule has 0 aliphatic carbocycles. The second kappa shape index (κ2) is 6.24. The predicted octanol–water partition coefficient (Wildman–Crippen LogP) is 0.977. The zero-order valence-corrected chi connectivity index (χ0v) is 10.7. The molecule has 0 spiro atoms. The van der Waals surface area contributed by atoms with Crippen LogP contribution in [-0.4, -0.2) is 25.2 Å². The van der Waals surface area contributed by atoms with Gasteiger partial charge in [-0.1, -0.05) is 12.1 Å². The maximum absolute atomic E-state index is 11.7. The second-order valence-electron chi connectivity index (χ2n) is 4.33. The van der Waals surface area contributed by atoms with Crippen molar-refractivity contribution in [2.24, 2.45) is 5.73 Å². The van der Waals surface area contributed by atoms with Gasteiger partial charge in [0.15, 0.2) is 11.5 Å². The standard InChI is InChI=1S/C14H18N2O3/c1-2-3-11(15)14(17)16-9-10-4-5-12-13(8-10)19-7-6-18-12/h2,4-5,8,11H,1,3,6-7,9,15H2,(H,16,17). The lowest BCUT2D eigenvalue weighted by Gasteiger charge is -2.19. The van der Waals surface area contributed by atoms with Crippen LogP contribution in [0.4, 0.5) is 0 Å². The number of nitrogens with one attached hydrogen (secondary N) is 1. The highest BCUT2D eigenvalue weighted by molar-refractivity contribution is 5.81. The fraction of sp³-hybridized carbons (Fsp3) is 0.357. The van der Waals surface area contributed by atoms with Crippen LogP contribution >= 0.6 is 0 Å². The molecule has 0 saturated carbocycles. The van der Waals surface area contributed by atoms with Gasteiger partial charge in [-0.3, -0.25) is 4.79 Å². The molecule has 1 aliphatic rings. The van der Waals surface area contributed by atoms with Crippen molar-refractivity contribution in [3.63, 3.8) is 0 Å². The first-order valence-electron chi connectivity index (χ1n) is 6.23. The minimum atomic E-state index is -0.547. The lowest BCUT2D eigenvalue weighted by Crippen LogP contribution is -2.39. The summed E-state index contributed by atoms with van der Waals surface area (Å²) in [5.74, 6) is 1.27. The minimum Gasteiger partial charge on any atom is -0.486 e. The van der Waals surface area contributed by atoms with Crippen molar-refractivity contribution < 1.29 is 14.3 Å². The Morgan fingerprint density at radius 1 is 1.42 bits per heavy atom. The molecule has 19 heavy (non-hydrogen) atoms. The first kappa shape index (κ1) is 13.4. The average molecular weight is 262 g/mol. The number of fused-ring (bicyclic) bond motifs is 1. The molecule has 1 aromatic carbocycles. The molecule has 1 atom stereocenters. The first-order valence-corrected chi connectivity index (χ1v) is 6.23. The van der Waals surface area contributed by atoms with Crippen molar-refractivity contribution in [2.45, 2.75) is 19.0 Å². The van der Waals surface area contributed by atoms with Crippen LogP contribution in [0.5, 0.6) is 11.5 Å². The zero-order chi connectivity index (χ0) is 13.7. The van der Waals surface area contributed by atoms with Crippen LogP contribution in [0.3, 0.4) is 0 Å². The molecule has 1 unspecified atom stereocenters. The summed E-state index contributed by atoms with van der Waals surface area (Å²) in [5.41, 5.74) is 6.62. The number of carbonyl (C=O) groups is 1. The fourth-order valence-corrected chi connectivity index (χ4v) is 1.80. The summed E-state index contributed by atoms with van der Waals surface area (Å²) in [5, 5.41) is 2.78. The van der Waals surface area contributed by atoms with E-state index in [1.165, 1.54) is 0 Å². The van der Waals surface area contributed by atoms with Gasteiger partial charge in [-0.15, -0.1) is 6.58 Å². The van der Waals surface area contributed by atoms with Gasteiger partial charge in [0.1, 0.15) is 13.2 Å². The van der Waals surface area contributed by atoms with Crippen LogP contribution in [0.25, 0.3) is 0 Å². The maximum atomic E-state index is 11.7. The van der Waals surface area contributed by atoms with Crippen LogP contribution in [0.1, 0.15) is 12.0 Å². The van der Waals surface area contributed by atoms with Gasteiger partial charge in [0.2, 0.25) is 5.91 Å². The van der Waals surface area contributed by atoms with Crippen LogP contribution in [-0.2, 0) is 11.3 Å². The maximum Gasteiger partial charge on any atom is 0.237 e. The molecule has 0 aromatic heterocycles. The normalized spacial score (nSPS) is 14.6. The number of carbonyl (C=O) groups excluding carboxylic acids is 1. The Kier molecular flexibility index (Phi) is 4.41. The highest BCUT2D eigenvalue weighted by Gasteiger charge is 2.13. The molecule has 1 aliphatic heterocycles. The topological polar surface area (TPSA) is 73.6 Å². The highest BCUT2D eigenvalue weighted by atomic mass is 16.6. The van der Waals surface area contributed by atoms with Crippen LogP contribution in [0, 0.1) is 0 Å². The molecule has 5 heteroatoms. The summed E-state index contributed by atoms with van der Waals surface area (Å²) < 4.78 is 10.9. The zero-order valence-electron chi connectivity index (χ0n) is 10.7. The van der Waals surface area contributed by atoms with E-state index in [4.69, 9.17) is 15.2 Å². The van der Waals surface area contributed by atoms with E-state index in [1.807, 2.05) is 18.2 Å². The Hall–Kier alpha value is -2.01. The molecule has 0 saturated heterocycles. The highest BCUT2D eigenvalue weighted by Crippen LogP contribution is 2.30. The van der Waals surface area contributed by atoms with E-state index in [1.54, 1.807) is 6.08 Å². The molecule has 0 radical (unpaired) electrons. The monoisotopic (exact) mass is 262 g/mol. The Morgan fingerprint density at radius 2 is 2.16 bits per heavy atom. The molecule has 2 rings (SSSR count). The van der Waals surface area contributed by atoms with E-state index in [-0.39, 0.29) is 5.91 Å². The summed E-state index contributed by atoms with van der Waals surface area (Å²) in [6, 6.07) is 5.06. The number of rotatable bonds is 5. The van der Waals surface area contributed by atoms with Gasteiger partial charge in [-0.2, -0.15) is 0 Å². The predicted molar refractivity (Wildman–Crippen MR) is 72.1 cm³/mol. The molecule has 3 N–H and O–H groups in total. The third-order valence-electron chi connectivity index (χ3n) is 2.83. The fourth-order valence-electron chi connectivity index (χ4n) is 1.80. The quantitative estimate of drug-likeness (QED) is 0.776. The van der Waals surface area contributed by atoms with E-state index in [9.17, 15) is 4.79 Å². The van der Waals surface area contributed by atoms with Crippen molar-refractivity contribution in [3.8, 4) is 11.5 Å². The van der Waals surface area contributed by atoms with Crippen molar-refractivity contribution in [2.75, 3.05) is 13.2 Å². The summed E-state index contributed by atoms with van der Waals surface area (Å²) in [7, 11) is 0. The molecule has 0 fully saturated rings. The number of hydrogen-bond donors (Lipinski definition) is 2. The molecule has 102 valence electrons. The number of hydrogen-bond acceptors (Lipinski definition) is 4. The van der Waals surface area contributed by atoms with E-state index in [2.05, 4.69) is 11.9 Å². The number of benzene rings is 1. The molecular formula is C14H18N2O3. The lowest BCUT2D eigenvalue weighted by atomic mass is 10.1. The lowest BCUT2D eigenvalue weighted by molar-refractivity contribution is -0.122. The molecule has 1 heterocycles. The van der Waals surface area contributed by atoms with Gasteiger partial charge in [0, 0.05) is 6.54 Å². The van der Waals surface area contributed by atoms with E-state index in [0.717, 1.165) is 11.3 Å². The Morgan fingerprint density at radius 3 is 2.89 bits per heavy atom.